The van der Waals surface area contributed by atoms with Crippen LogP contribution < -0.4 is 5.32 Å². The fourth-order valence-electron chi connectivity index (χ4n) is 1.51. The number of rotatable bonds is 3. The van der Waals surface area contributed by atoms with E-state index in [1.807, 2.05) is 13.8 Å². The number of piperidine rings is 1. The van der Waals surface area contributed by atoms with Gasteiger partial charge in [0.15, 0.2) is 0 Å². The molecule has 0 amide bonds. The third kappa shape index (κ3) is 17.9. The third-order valence-electron chi connectivity index (χ3n) is 3.61. The van der Waals surface area contributed by atoms with E-state index in [4.69, 9.17) is 4.74 Å². The monoisotopic (exact) mass is 273 g/mol. The van der Waals surface area contributed by atoms with Crippen molar-refractivity contribution in [1.29, 1.82) is 0 Å². The highest BCUT2D eigenvalue weighted by Crippen LogP contribution is 2.20. The topological polar surface area (TPSA) is 21.3 Å². The van der Waals surface area contributed by atoms with E-state index >= 15 is 0 Å². The van der Waals surface area contributed by atoms with E-state index in [0.29, 0.717) is 6.10 Å². The van der Waals surface area contributed by atoms with Crippen LogP contribution in [0, 0.1) is 17.8 Å². The Kier molecular flexibility index (Phi) is 16.0. The summed E-state index contributed by atoms with van der Waals surface area (Å²) in [6.07, 6.45) is 4.46. The van der Waals surface area contributed by atoms with Gasteiger partial charge in [0, 0.05) is 7.11 Å². The zero-order valence-electron chi connectivity index (χ0n) is 14.8. The first-order chi connectivity index (χ1) is 8.84. The van der Waals surface area contributed by atoms with Gasteiger partial charge in [-0.2, -0.15) is 0 Å². The number of hydrogen-bond acceptors (Lipinski definition) is 2. The maximum absolute atomic E-state index is 4.75. The van der Waals surface area contributed by atoms with Gasteiger partial charge < -0.3 is 10.1 Å². The fourth-order valence-corrected chi connectivity index (χ4v) is 1.51. The van der Waals surface area contributed by atoms with Crippen LogP contribution in [0.1, 0.15) is 67.7 Å². The second kappa shape index (κ2) is 14.3. The van der Waals surface area contributed by atoms with Crippen LogP contribution in [0.15, 0.2) is 0 Å². The molecule has 0 radical (unpaired) electrons. The maximum atomic E-state index is 4.75. The summed E-state index contributed by atoms with van der Waals surface area (Å²) in [5.41, 5.74) is 0. The Morgan fingerprint density at radius 1 is 1.00 bits per heavy atom. The van der Waals surface area contributed by atoms with Crippen molar-refractivity contribution in [2.24, 2.45) is 17.8 Å². The van der Waals surface area contributed by atoms with E-state index in [9.17, 15) is 0 Å². The van der Waals surface area contributed by atoms with Gasteiger partial charge in [-0.1, -0.05) is 41.0 Å². The maximum Gasteiger partial charge on any atom is 0.0515 e. The molecule has 2 nitrogen and oxygen atoms in total. The Bertz CT molecular complexity index is 153. The van der Waals surface area contributed by atoms with Gasteiger partial charge in [0.25, 0.3) is 0 Å². The molecular weight excluding hydrogens is 234 g/mol. The second-order valence-electron chi connectivity index (χ2n) is 6.42. The van der Waals surface area contributed by atoms with E-state index in [0.717, 1.165) is 17.8 Å². The smallest absolute Gasteiger partial charge is 0.0515 e. The summed E-state index contributed by atoms with van der Waals surface area (Å²) in [6, 6.07) is 0. The van der Waals surface area contributed by atoms with Crippen LogP contribution in [0.2, 0.25) is 0 Å². The molecule has 0 aromatic carbocycles. The molecule has 1 aliphatic rings. The molecule has 0 unspecified atom stereocenters. The number of methoxy groups -OCH3 is 1. The molecule has 1 heterocycles. The standard InChI is InChI=1S/C8H17N.C5H12.C4H10O/c1-7(2)8-3-5-9-6-4-8;1-4-5(2)3;1-4(2)5-3/h7-9H,3-6H2,1-2H3;5H,4H2,1-3H3;4H,1-3H3. The van der Waals surface area contributed by atoms with Crippen LogP contribution >= 0.6 is 0 Å². The Labute approximate surface area is 122 Å². The highest BCUT2D eigenvalue weighted by atomic mass is 16.5. The molecule has 0 aliphatic carbocycles. The van der Waals surface area contributed by atoms with E-state index in [2.05, 4.69) is 39.9 Å². The summed E-state index contributed by atoms with van der Waals surface area (Å²) in [6.45, 7) is 17.8. The predicted molar refractivity (Wildman–Crippen MR) is 87.7 cm³/mol. The molecular formula is C17H39NO. The molecule has 118 valence electrons. The summed E-state index contributed by atoms with van der Waals surface area (Å²) in [7, 11) is 1.70. The van der Waals surface area contributed by atoms with Crippen LogP contribution in [-0.4, -0.2) is 26.3 Å². The van der Waals surface area contributed by atoms with Gasteiger partial charge in [-0.25, -0.2) is 0 Å². The van der Waals surface area contributed by atoms with E-state index < -0.39 is 0 Å². The molecule has 0 bridgehead atoms. The molecule has 1 rings (SSSR count). The lowest BCUT2D eigenvalue weighted by Gasteiger charge is -2.25. The summed E-state index contributed by atoms with van der Waals surface area (Å²) in [5, 5.41) is 3.37. The average molecular weight is 274 g/mol. The quantitative estimate of drug-likeness (QED) is 0.802. The lowest BCUT2D eigenvalue weighted by atomic mass is 9.87. The van der Waals surface area contributed by atoms with Crippen molar-refractivity contribution in [3.05, 3.63) is 0 Å². The van der Waals surface area contributed by atoms with E-state index in [-0.39, 0.29) is 0 Å². The van der Waals surface area contributed by atoms with Gasteiger partial charge in [0.1, 0.15) is 0 Å². The van der Waals surface area contributed by atoms with E-state index in [1.54, 1.807) is 7.11 Å². The van der Waals surface area contributed by atoms with Gasteiger partial charge in [-0.3, -0.25) is 0 Å². The predicted octanol–water partition coefficient (Wildman–Crippen LogP) is 4.74. The van der Waals surface area contributed by atoms with Crippen LogP contribution in [-0.2, 0) is 4.74 Å². The SMILES string of the molecule is CC(C)C1CCNCC1.CCC(C)C.COC(C)C. The Balaban J connectivity index is 0. The normalized spacial score (nSPS) is 15.9. The van der Waals surface area contributed by atoms with Crippen LogP contribution in [0.3, 0.4) is 0 Å². The Morgan fingerprint density at radius 3 is 1.53 bits per heavy atom. The average Bonchev–Trinajstić information content (AvgIpc) is 2.41. The van der Waals surface area contributed by atoms with Crippen molar-refractivity contribution in [1.82, 2.24) is 5.32 Å². The van der Waals surface area contributed by atoms with Crippen LogP contribution in [0.25, 0.3) is 0 Å². The largest absolute Gasteiger partial charge is 0.382 e. The number of ether oxygens (including phenoxy) is 1. The molecule has 0 spiro atoms. The van der Waals surface area contributed by atoms with Crippen molar-refractivity contribution >= 4 is 0 Å². The first-order valence-corrected chi connectivity index (χ1v) is 8.08. The van der Waals surface area contributed by atoms with Gasteiger partial charge in [-0.15, -0.1) is 0 Å². The van der Waals surface area contributed by atoms with Gasteiger partial charge in [-0.05, 0) is 57.5 Å². The van der Waals surface area contributed by atoms with Crippen LogP contribution in [0.5, 0.6) is 0 Å². The number of hydrogen-bond donors (Lipinski definition) is 1. The molecule has 1 saturated heterocycles. The van der Waals surface area contributed by atoms with Gasteiger partial charge >= 0.3 is 0 Å². The van der Waals surface area contributed by atoms with Gasteiger partial charge in [0.2, 0.25) is 0 Å². The van der Waals surface area contributed by atoms with Crippen LogP contribution in [0.4, 0.5) is 0 Å². The highest BCUT2D eigenvalue weighted by Gasteiger charge is 2.15. The molecule has 19 heavy (non-hydrogen) atoms. The van der Waals surface area contributed by atoms with Crippen molar-refractivity contribution in [2.75, 3.05) is 20.2 Å². The molecule has 2 heteroatoms. The lowest BCUT2D eigenvalue weighted by molar-refractivity contribution is 0.134. The molecule has 0 atom stereocenters. The highest BCUT2D eigenvalue weighted by molar-refractivity contribution is 4.70. The first-order valence-electron chi connectivity index (χ1n) is 8.08. The Morgan fingerprint density at radius 2 is 1.37 bits per heavy atom. The minimum atomic E-state index is 0.384. The molecule has 0 aromatic rings. The molecule has 1 aliphatic heterocycles. The third-order valence-corrected chi connectivity index (χ3v) is 3.61. The van der Waals surface area contributed by atoms with Gasteiger partial charge in [0.05, 0.1) is 6.10 Å². The summed E-state index contributed by atoms with van der Waals surface area (Å²) in [4.78, 5) is 0. The Hall–Kier alpha value is -0.0800. The van der Waals surface area contributed by atoms with E-state index in [1.165, 1.54) is 32.4 Å². The summed E-state index contributed by atoms with van der Waals surface area (Å²) < 4.78 is 4.75. The minimum absolute atomic E-state index is 0.384. The van der Waals surface area contributed by atoms with Crippen molar-refractivity contribution < 1.29 is 4.74 Å². The zero-order valence-corrected chi connectivity index (χ0v) is 14.8. The molecule has 1 fully saturated rings. The van der Waals surface area contributed by atoms with Crippen molar-refractivity contribution in [3.63, 3.8) is 0 Å². The zero-order chi connectivity index (χ0) is 15.3. The summed E-state index contributed by atoms with van der Waals surface area (Å²) in [5.74, 6) is 2.77. The minimum Gasteiger partial charge on any atom is -0.382 e. The van der Waals surface area contributed by atoms with Crippen molar-refractivity contribution in [2.45, 2.75) is 73.8 Å². The second-order valence-corrected chi connectivity index (χ2v) is 6.42. The number of nitrogens with one attached hydrogen (secondary N) is 1. The lowest BCUT2D eigenvalue weighted by Crippen LogP contribution is -2.29. The van der Waals surface area contributed by atoms with Crippen molar-refractivity contribution in [3.8, 4) is 0 Å². The first kappa shape index (κ1) is 21.2. The fraction of sp³-hybridized carbons (Fsp3) is 1.00. The molecule has 1 N–H and O–H groups in total. The molecule has 0 saturated carbocycles. The summed E-state index contributed by atoms with van der Waals surface area (Å²) >= 11 is 0. The molecule has 0 aromatic heterocycles.